The Hall–Kier alpha value is -0.830. The first-order valence-corrected chi connectivity index (χ1v) is 4.41. The number of hydrogen-bond acceptors (Lipinski definition) is 1. The van der Waals surface area contributed by atoms with Gasteiger partial charge >= 0.3 is 4.12 Å². The van der Waals surface area contributed by atoms with Crippen LogP contribution in [0.1, 0.15) is 5.56 Å². The standard InChI is InChI=1S/C9H5F2IO/c1-2-7-3-5-8(6-4-7)13-9(10,11)12/h1,3-6H. The zero-order chi connectivity index (χ0) is 9.90. The van der Waals surface area contributed by atoms with E-state index in [4.69, 9.17) is 6.42 Å². The van der Waals surface area contributed by atoms with Gasteiger partial charge in [0.15, 0.2) is 0 Å². The molecule has 0 fully saturated rings. The lowest BCUT2D eigenvalue weighted by molar-refractivity contribution is -0.0691. The van der Waals surface area contributed by atoms with Gasteiger partial charge in [-0.25, -0.2) is 0 Å². The van der Waals surface area contributed by atoms with E-state index in [1.54, 1.807) is 0 Å². The molecule has 0 heterocycles. The van der Waals surface area contributed by atoms with Crippen molar-refractivity contribution in [1.82, 2.24) is 0 Å². The van der Waals surface area contributed by atoms with E-state index < -0.39 is 4.12 Å². The monoisotopic (exact) mass is 294 g/mol. The Balaban J connectivity index is 2.77. The summed E-state index contributed by atoms with van der Waals surface area (Å²) < 4.78 is 25.7. The first-order chi connectivity index (χ1) is 6.01. The van der Waals surface area contributed by atoms with E-state index >= 15 is 0 Å². The second-order valence-corrected chi connectivity index (χ2v) is 3.47. The highest BCUT2D eigenvalue weighted by Gasteiger charge is 2.25. The van der Waals surface area contributed by atoms with Crippen molar-refractivity contribution in [2.75, 3.05) is 0 Å². The molecular weight excluding hydrogens is 289 g/mol. The molecule has 1 aromatic rings. The smallest absolute Gasteiger partial charge is 0.425 e. The van der Waals surface area contributed by atoms with E-state index in [1.807, 2.05) is 0 Å². The summed E-state index contributed by atoms with van der Waals surface area (Å²) >= 11 is 0.902. The van der Waals surface area contributed by atoms with Crippen molar-refractivity contribution < 1.29 is 13.5 Å². The molecule has 0 unspecified atom stereocenters. The quantitative estimate of drug-likeness (QED) is 0.463. The average Bonchev–Trinajstić information content (AvgIpc) is 2.03. The molecule has 0 atom stereocenters. The second kappa shape index (κ2) is 3.92. The van der Waals surface area contributed by atoms with Gasteiger partial charge in [-0.3, -0.25) is 0 Å². The van der Waals surface area contributed by atoms with Gasteiger partial charge in [0.2, 0.25) is 0 Å². The van der Waals surface area contributed by atoms with Crippen LogP contribution in [0.3, 0.4) is 0 Å². The lowest BCUT2D eigenvalue weighted by atomic mass is 10.2. The van der Waals surface area contributed by atoms with Crippen LogP contribution in [0, 0.1) is 12.3 Å². The highest BCUT2D eigenvalue weighted by Crippen LogP contribution is 2.27. The Labute approximate surface area is 88.2 Å². The van der Waals surface area contributed by atoms with Crippen LogP contribution in [0.2, 0.25) is 0 Å². The highest BCUT2D eigenvalue weighted by atomic mass is 127. The third kappa shape index (κ3) is 3.59. The lowest BCUT2D eigenvalue weighted by Gasteiger charge is -2.10. The number of hydrogen-bond donors (Lipinski definition) is 0. The van der Waals surface area contributed by atoms with Crippen molar-refractivity contribution in [3.63, 3.8) is 0 Å². The number of benzene rings is 1. The molecule has 0 saturated carbocycles. The molecule has 1 aromatic carbocycles. The van der Waals surface area contributed by atoms with E-state index in [2.05, 4.69) is 10.7 Å². The van der Waals surface area contributed by atoms with Crippen molar-refractivity contribution >= 4 is 22.6 Å². The van der Waals surface area contributed by atoms with Crippen LogP contribution >= 0.6 is 22.6 Å². The molecule has 4 heteroatoms. The summed E-state index contributed by atoms with van der Waals surface area (Å²) in [5.74, 6) is 2.47. The third-order valence-corrected chi connectivity index (χ3v) is 1.47. The molecule has 0 aliphatic rings. The Morgan fingerprint density at radius 3 is 2.23 bits per heavy atom. The minimum absolute atomic E-state index is 0.0957. The molecule has 0 aliphatic carbocycles. The number of terminal acetylenes is 1. The highest BCUT2D eigenvalue weighted by molar-refractivity contribution is 14.1. The molecule has 1 rings (SSSR count). The van der Waals surface area contributed by atoms with Crippen molar-refractivity contribution in [1.29, 1.82) is 0 Å². The van der Waals surface area contributed by atoms with Gasteiger partial charge in [-0.05, 0) is 24.3 Å². The molecule has 0 spiro atoms. The fourth-order valence-corrected chi connectivity index (χ4v) is 1.01. The Morgan fingerprint density at radius 1 is 1.31 bits per heavy atom. The van der Waals surface area contributed by atoms with Gasteiger partial charge in [0.1, 0.15) is 5.75 Å². The van der Waals surface area contributed by atoms with E-state index in [1.165, 1.54) is 24.3 Å². The maximum absolute atomic E-state index is 12.3. The maximum Gasteiger partial charge on any atom is 0.451 e. The molecule has 0 amide bonds. The Bertz CT molecular complexity index is 321. The van der Waals surface area contributed by atoms with Crippen LogP contribution < -0.4 is 4.74 Å². The van der Waals surface area contributed by atoms with E-state index in [-0.39, 0.29) is 5.75 Å². The van der Waals surface area contributed by atoms with Gasteiger partial charge in [0.05, 0.1) is 22.6 Å². The van der Waals surface area contributed by atoms with Gasteiger partial charge in [0.25, 0.3) is 0 Å². The van der Waals surface area contributed by atoms with Gasteiger partial charge in [-0.1, -0.05) is 5.92 Å². The molecule has 0 aromatic heterocycles. The molecule has 0 aliphatic heterocycles. The molecule has 13 heavy (non-hydrogen) atoms. The minimum atomic E-state index is -3.19. The summed E-state index contributed by atoms with van der Waals surface area (Å²) in [6, 6.07) is 5.89. The van der Waals surface area contributed by atoms with Crippen molar-refractivity contribution in [3.8, 4) is 18.1 Å². The van der Waals surface area contributed by atoms with Crippen LogP contribution in [0.4, 0.5) is 8.78 Å². The molecule has 0 bridgehead atoms. The van der Waals surface area contributed by atoms with Crippen LogP contribution in [0.5, 0.6) is 5.75 Å². The molecule has 0 N–H and O–H groups in total. The lowest BCUT2D eigenvalue weighted by Crippen LogP contribution is -2.14. The molecule has 0 saturated heterocycles. The van der Waals surface area contributed by atoms with Gasteiger partial charge in [0, 0.05) is 5.56 Å². The van der Waals surface area contributed by atoms with Crippen molar-refractivity contribution in [2.24, 2.45) is 0 Å². The zero-order valence-electron chi connectivity index (χ0n) is 6.43. The molecule has 0 radical (unpaired) electrons. The maximum atomic E-state index is 12.3. The first-order valence-electron chi connectivity index (χ1n) is 3.34. The summed E-state index contributed by atoms with van der Waals surface area (Å²) in [4.78, 5) is 0. The molecule has 1 nitrogen and oxygen atoms in total. The summed E-state index contributed by atoms with van der Waals surface area (Å²) in [5.41, 5.74) is 0.629. The first kappa shape index (κ1) is 10.3. The largest absolute Gasteiger partial charge is 0.451 e. The zero-order valence-corrected chi connectivity index (χ0v) is 8.59. The number of alkyl halides is 3. The fraction of sp³-hybridized carbons (Fsp3) is 0.111. The summed E-state index contributed by atoms with van der Waals surface area (Å²) in [7, 11) is 0. The Kier molecular flexibility index (Phi) is 3.09. The van der Waals surface area contributed by atoms with Crippen LogP contribution in [-0.4, -0.2) is 4.12 Å². The van der Waals surface area contributed by atoms with Crippen molar-refractivity contribution in [3.05, 3.63) is 29.8 Å². The second-order valence-electron chi connectivity index (χ2n) is 2.22. The van der Waals surface area contributed by atoms with Crippen LogP contribution in [-0.2, 0) is 0 Å². The summed E-state index contributed by atoms with van der Waals surface area (Å²) in [6.07, 6.45) is 5.09. The summed E-state index contributed by atoms with van der Waals surface area (Å²) in [5, 5.41) is 0. The normalized spacial score (nSPS) is 10.6. The minimum Gasteiger partial charge on any atom is -0.425 e. The van der Waals surface area contributed by atoms with E-state index in [9.17, 15) is 8.78 Å². The van der Waals surface area contributed by atoms with E-state index in [0.717, 1.165) is 22.6 Å². The van der Waals surface area contributed by atoms with Crippen LogP contribution in [0.15, 0.2) is 24.3 Å². The molecular formula is C9H5F2IO. The Morgan fingerprint density at radius 2 is 1.85 bits per heavy atom. The van der Waals surface area contributed by atoms with Gasteiger partial charge in [-0.2, -0.15) is 8.78 Å². The van der Waals surface area contributed by atoms with Gasteiger partial charge in [-0.15, -0.1) is 6.42 Å². The summed E-state index contributed by atoms with van der Waals surface area (Å²) in [6.45, 7) is 0. The number of halogens is 3. The third-order valence-electron chi connectivity index (χ3n) is 1.25. The van der Waals surface area contributed by atoms with E-state index in [0.29, 0.717) is 5.56 Å². The topological polar surface area (TPSA) is 9.23 Å². The average molecular weight is 294 g/mol. The predicted octanol–water partition coefficient (Wildman–Crippen LogP) is 3.03. The van der Waals surface area contributed by atoms with Crippen molar-refractivity contribution in [2.45, 2.75) is 4.12 Å². The fourth-order valence-electron chi connectivity index (χ4n) is 0.753. The molecule has 68 valence electrons. The number of rotatable bonds is 2. The van der Waals surface area contributed by atoms with Gasteiger partial charge < -0.3 is 4.74 Å². The number of ether oxygens (including phenoxy) is 1. The predicted molar refractivity (Wildman–Crippen MR) is 54.0 cm³/mol. The van der Waals surface area contributed by atoms with Crippen LogP contribution in [0.25, 0.3) is 0 Å². The SMILES string of the molecule is C#Cc1ccc(OC(F)(F)I)cc1.